The third-order valence-electron chi connectivity index (χ3n) is 4.73. The van der Waals surface area contributed by atoms with Gasteiger partial charge in [-0.25, -0.2) is 12.8 Å². The Bertz CT molecular complexity index is 1010. The van der Waals surface area contributed by atoms with Crippen LogP contribution in [0.4, 0.5) is 10.1 Å². The van der Waals surface area contributed by atoms with E-state index in [1.807, 2.05) is 25.1 Å². The predicted octanol–water partition coefficient (Wildman–Crippen LogP) is 3.02. The number of hydrogen-bond donors (Lipinski definition) is 1. The molecule has 0 fully saturated rings. The van der Waals surface area contributed by atoms with Crippen LogP contribution >= 0.6 is 0 Å². The third-order valence-corrected chi connectivity index (χ3v) is 5.91. The maximum atomic E-state index is 14.0. The van der Waals surface area contributed by atoms with Crippen LogP contribution in [0.25, 0.3) is 0 Å². The largest absolute Gasteiger partial charge is 0.486 e. The Morgan fingerprint density at radius 3 is 2.57 bits per heavy atom. The SMILES string of the molecule is C[C@@H](NC(=O)CCCN(c1ccccc1F)S(C)(=O)=O)c1ccc2c(c1)OCCO2. The lowest BCUT2D eigenvalue weighted by Gasteiger charge is -2.23. The van der Waals surface area contributed by atoms with E-state index in [0.29, 0.717) is 24.7 Å². The molecule has 0 unspecified atom stereocenters. The van der Waals surface area contributed by atoms with Gasteiger partial charge in [0.15, 0.2) is 11.5 Å². The van der Waals surface area contributed by atoms with Crippen LogP contribution in [0.3, 0.4) is 0 Å². The van der Waals surface area contributed by atoms with Crippen molar-refractivity contribution in [2.75, 3.05) is 30.3 Å². The number of nitrogens with zero attached hydrogens (tertiary/aromatic N) is 1. The number of rotatable bonds is 8. The summed E-state index contributed by atoms with van der Waals surface area (Å²) >= 11 is 0. The molecule has 0 aliphatic carbocycles. The number of halogens is 1. The van der Waals surface area contributed by atoms with Crippen LogP contribution in [0.1, 0.15) is 31.4 Å². The molecule has 0 saturated heterocycles. The summed E-state index contributed by atoms with van der Waals surface area (Å²) in [4.78, 5) is 12.3. The van der Waals surface area contributed by atoms with Crippen molar-refractivity contribution in [3.8, 4) is 11.5 Å². The van der Waals surface area contributed by atoms with Crippen molar-refractivity contribution in [1.29, 1.82) is 0 Å². The molecular weight excluding hydrogens is 411 g/mol. The fourth-order valence-corrected chi connectivity index (χ4v) is 4.19. The summed E-state index contributed by atoms with van der Waals surface area (Å²) in [6.07, 6.45) is 1.37. The minimum Gasteiger partial charge on any atom is -0.486 e. The van der Waals surface area contributed by atoms with Crippen molar-refractivity contribution >= 4 is 21.6 Å². The molecule has 2 aromatic carbocycles. The first-order valence-electron chi connectivity index (χ1n) is 9.67. The zero-order valence-corrected chi connectivity index (χ0v) is 17.7. The van der Waals surface area contributed by atoms with E-state index < -0.39 is 15.8 Å². The molecule has 2 aromatic rings. The molecule has 7 nitrogen and oxygen atoms in total. The Hall–Kier alpha value is -2.81. The summed E-state index contributed by atoms with van der Waals surface area (Å²) < 4.78 is 50.2. The number of sulfonamides is 1. The third kappa shape index (κ3) is 5.41. The summed E-state index contributed by atoms with van der Waals surface area (Å²) in [7, 11) is -3.68. The summed E-state index contributed by atoms with van der Waals surface area (Å²) in [6.45, 7) is 2.85. The molecule has 162 valence electrons. The lowest BCUT2D eigenvalue weighted by molar-refractivity contribution is -0.121. The van der Waals surface area contributed by atoms with Crippen molar-refractivity contribution < 1.29 is 27.1 Å². The van der Waals surface area contributed by atoms with E-state index >= 15 is 0 Å². The number of nitrogens with one attached hydrogen (secondary N) is 1. The summed E-state index contributed by atoms with van der Waals surface area (Å²) in [5.41, 5.74) is 0.849. The molecular formula is C21H25FN2O5S. The van der Waals surface area contributed by atoms with Gasteiger partial charge in [-0.3, -0.25) is 9.10 Å². The molecule has 1 N–H and O–H groups in total. The van der Waals surface area contributed by atoms with Gasteiger partial charge in [-0.05, 0) is 43.2 Å². The average Bonchev–Trinajstić information content (AvgIpc) is 2.70. The van der Waals surface area contributed by atoms with Crippen LogP contribution in [0.15, 0.2) is 42.5 Å². The normalized spacial score (nSPS) is 14.1. The second-order valence-electron chi connectivity index (χ2n) is 7.08. The molecule has 3 rings (SSSR count). The number of carbonyl (C=O) groups excluding carboxylic acids is 1. The van der Waals surface area contributed by atoms with Crippen LogP contribution in [0.5, 0.6) is 11.5 Å². The van der Waals surface area contributed by atoms with Gasteiger partial charge in [0.05, 0.1) is 18.0 Å². The monoisotopic (exact) mass is 436 g/mol. The second kappa shape index (κ2) is 9.34. The van der Waals surface area contributed by atoms with Gasteiger partial charge in [-0.15, -0.1) is 0 Å². The molecule has 1 aliphatic rings. The van der Waals surface area contributed by atoms with Crippen molar-refractivity contribution in [1.82, 2.24) is 5.32 Å². The number of hydrogen-bond acceptors (Lipinski definition) is 5. The highest BCUT2D eigenvalue weighted by Gasteiger charge is 2.21. The molecule has 1 aliphatic heterocycles. The first-order valence-corrected chi connectivity index (χ1v) is 11.5. The minimum absolute atomic E-state index is 0.00555. The molecule has 0 aromatic heterocycles. The number of carbonyl (C=O) groups is 1. The molecule has 0 spiro atoms. The Balaban J connectivity index is 1.56. The Labute approximate surface area is 175 Å². The number of benzene rings is 2. The molecule has 0 radical (unpaired) electrons. The van der Waals surface area contributed by atoms with Gasteiger partial charge >= 0.3 is 0 Å². The van der Waals surface area contributed by atoms with Crippen LogP contribution in [0, 0.1) is 5.82 Å². The molecule has 1 amide bonds. The number of amides is 1. The zero-order valence-electron chi connectivity index (χ0n) is 16.9. The quantitative estimate of drug-likeness (QED) is 0.688. The summed E-state index contributed by atoms with van der Waals surface area (Å²) in [5, 5.41) is 2.89. The van der Waals surface area contributed by atoms with Crippen LogP contribution in [-0.4, -0.2) is 40.3 Å². The summed E-state index contributed by atoms with van der Waals surface area (Å²) in [6, 6.07) is 10.9. The lowest BCUT2D eigenvalue weighted by Crippen LogP contribution is -2.33. The Kier molecular flexibility index (Phi) is 6.81. The van der Waals surface area contributed by atoms with Gasteiger partial charge in [-0.2, -0.15) is 0 Å². The van der Waals surface area contributed by atoms with E-state index in [-0.39, 0.29) is 37.0 Å². The lowest BCUT2D eigenvalue weighted by atomic mass is 10.1. The maximum absolute atomic E-state index is 14.0. The molecule has 30 heavy (non-hydrogen) atoms. The first-order chi connectivity index (χ1) is 14.3. The average molecular weight is 437 g/mol. The highest BCUT2D eigenvalue weighted by atomic mass is 32.2. The number of anilines is 1. The van der Waals surface area contributed by atoms with Crippen LogP contribution in [0.2, 0.25) is 0 Å². The van der Waals surface area contributed by atoms with Crippen molar-refractivity contribution in [2.24, 2.45) is 0 Å². The number of ether oxygens (including phenoxy) is 2. The van der Waals surface area contributed by atoms with E-state index in [0.717, 1.165) is 16.1 Å². The number of para-hydroxylation sites is 1. The van der Waals surface area contributed by atoms with Gasteiger partial charge in [0.2, 0.25) is 15.9 Å². The molecule has 0 saturated carbocycles. The maximum Gasteiger partial charge on any atom is 0.232 e. The van der Waals surface area contributed by atoms with Gasteiger partial charge in [0, 0.05) is 13.0 Å². The molecule has 9 heteroatoms. The zero-order chi connectivity index (χ0) is 21.7. The van der Waals surface area contributed by atoms with E-state index in [2.05, 4.69) is 5.32 Å². The molecule has 1 atom stereocenters. The minimum atomic E-state index is -3.68. The van der Waals surface area contributed by atoms with Crippen molar-refractivity contribution in [2.45, 2.75) is 25.8 Å². The smallest absolute Gasteiger partial charge is 0.232 e. The Morgan fingerprint density at radius 1 is 1.17 bits per heavy atom. The standard InChI is InChI=1S/C21H25FN2O5S/c1-15(16-9-10-19-20(14-16)29-13-12-28-19)23-21(25)8-5-11-24(30(2,26)27)18-7-4-3-6-17(18)22/h3-4,6-7,9-10,14-15H,5,8,11-13H2,1-2H3,(H,23,25)/t15-/m1/s1. The topological polar surface area (TPSA) is 84.9 Å². The van der Waals surface area contributed by atoms with E-state index in [1.165, 1.54) is 18.2 Å². The van der Waals surface area contributed by atoms with Crippen LogP contribution < -0.4 is 19.1 Å². The highest BCUT2D eigenvalue weighted by molar-refractivity contribution is 7.92. The first kappa shape index (κ1) is 21.9. The van der Waals surface area contributed by atoms with E-state index in [4.69, 9.17) is 9.47 Å². The van der Waals surface area contributed by atoms with Gasteiger partial charge in [0.25, 0.3) is 0 Å². The Morgan fingerprint density at radius 2 is 1.87 bits per heavy atom. The molecule has 0 bridgehead atoms. The fraction of sp³-hybridized carbons (Fsp3) is 0.381. The van der Waals surface area contributed by atoms with Gasteiger partial charge in [-0.1, -0.05) is 18.2 Å². The molecule has 1 heterocycles. The van der Waals surface area contributed by atoms with E-state index in [1.54, 1.807) is 6.07 Å². The predicted molar refractivity (Wildman–Crippen MR) is 112 cm³/mol. The van der Waals surface area contributed by atoms with Gasteiger partial charge in [0.1, 0.15) is 19.0 Å². The van der Waals surface area contributed by atoms with Gasteiger partial charge < -0.3 is 14.8 Å². The van der Waals surface area contributed by atoms with Crippen molar-refractivity contribution in [3.63, 3.8) is 0 Å². The number of fused-ring (bicyclic) bond motifs is 1. The van der Waals surface area contributed by atoms with Crippen molar-refractivity contribution in [3.05, 3.63) is 53.8 Å². The van der Waals surface area contributed by atoms with E-state index in [9.17, 15) is 17.6 Å². The fourth-order valence-electron chi connectivity index (χ4n) is 3.23. The highest BCUT2D eigenvalue weighted by Crippen LogP contribution is 2.32. The summed E-state index contributed by atoms with van der Waals surface area (Å²) in [5.74, 6) is 0.477. The van der Waals surface area contributed by atoms with Crippen LogP contribution in [-0.2, 0) is 14.8 Å². The second-order valence-corrected chi connectivity index (χ2v) is 8.99.